The molecule has 0 N–H and O–H groups in total. The summed E-state index contributed by atoms with van der Waals surface area (Å²) >= 11 is 0. The van der Waals surface area contributed by atoms with E-state index in [9.17, 15) is 4.79 Å². The molecule has 1 aliphatic carbocycles. The maximum atomic E-state index is 10.9. The van der Waals surface area contributed by atoms with E-state index in [0.717, 1.165) is 18.3 Å². The van der Waals surface area contributed by atoms with Crippen molar-refractivity contribution >= 4 is 6.29 Å². The van der Waals surface area contributed by atoms with E-state index in [0.29, 0.717) is 5.92 Å². The van der Waals surface area contributed by atoms with Crippen molar-refractivity contribution in [3.05, 3.63) is 0 Å². The summed E-state index contributed by atoms with van der Waals surface area (Å²) in [6.45, 7) is 8.86. The van der Waals surface area contributed by atoms with Crippen LogP contribution in [-0.4, -0.2) is 6.29 Å². The Morgan fingerprint density at radius 2 is 2.08 bits per heavy atom. The lowest BCUT2D eigenvalue weighted by Gasteiger charge is -2.27. The van der Waals surface area contributed by atoms with Gasteiger partial charge < -0.3 is 4.79 Å². The van der Waals surface area contributed by atoms with Gasteiger partial charge in [-0.3, -0.25) is 0 Å². The molecule has 70 valence electrons. The molecule has 0 aromatic carbocycles. The van der Waals surface area contributed by atoms with E-state index in [2.05, 4.69) is 27.7 Å². The monoisotopic (exact) mass is 168 g/mol. The summed E-state index contributed by atoms with van der Waals surface area (Å²) in [4.78, 5) is 10.9. The molecule has 0 radical (unpaired) electrons. The molecule has 1 saturated carbocycles. The zero-order valence-corrected chi connectivity index (χ0v) is 8.63. The highest BCUT2D eigenvalue weighted by Gasteiger charge is 2.42. The molecule has 0 spiro atoms. The molecule has 0 aromatic rings. The number of hydrogen-bond donors (Lipinski definition) is 0. The zero-order valence-electron chi connectivity index (χ0n) is 8.63. The molecule has 12 heavy (non-hydrogen) atoms. The molecule has 1 fully saturated rings. The molecule has 0 amide bonds. The second-order valence-electron chi connectivity index (χ2n) is 4.86. The lowest BCUT2D eigenvalue weighted by Crippen LogP contribution is -2.26. The van der Waals surface area contributed by atoms with Gasteiger partial charge in [0.1, 0.15) is 6.29 Å². The van der Waals surface area contributed by atoms with Crippen LogP contribution in [-0.2, 0) is 4.79 Å². The Morgan fingerprint density at radius 3 is 2.33 bits per heavy atom. The number of carbonyl (C=O) groups is 1. The van der Waals surface area contributed by atoms with Crippen LogP contribution < -0.4 is 0 Å². The Labute approximate surface area is 75.5 Å². The maximum Gasteiger partial charge on any atom is 0.126 e. The first-order chi connectivity index (χ1) is 5.51. The summed E-state index contributed by atoms with van der Waals surface area (Å²) in [5.41, 5.74) is -0.0328. The first kappa shape index (κ1) is 9.76. The van der Waals surface area contributed by atoms with Crippen molar-refractivity contribution in [2.75, 3.05) is 0 Å². The third-order valence-corrected chi connectivity index (χ3v) is 3.82. The van der Waals surface area contributed by atoms with Crippen molar-refractivity contribution in [1.29, 1.82) is 0 Å². The molecule has 0 aromatic heterocycles. The summed E-state index contributed by atoms with van der Waals surface area (Å²) in [7, 11) is 0. The summed E-state index contributed by atoms with van der Waals surface area (Å²) in [5, 5.41) is 0. The Bertz CT molecular complexity index is 174. The van der Waals surface area contributed by atoms with Crippen molar-refractivity contribution in [2.24, 2.45) is 23.2 Å². The fourth-order valence-electron chi connectivity index (χ4n) is 2.52. The Hall–Kier alpha value is -0.330. The molecular formula is C11H20O. The third kappa shape index (κ3) is 1.41. The van der Waals surface area contributed by atoms with Gasteiger partial charge in [-0.25, -0.2) is 0 Å². The van der Waals surface area contributed by atoms with E-state index in [1.807, 2.05) is 0 Å². The van der Waals surface area contributed by atoms with Crippen LogP contribution >= 0.6 is 0 Å². The lowest BCUT2D eigenvalue weighted by molar-refractivity contribution is -0.117. The van der Waals surface area contributed by atoms with Crippen LogP contribution in [0, 0.1) is 23.2 Å². The van der Waals surface area contributed by atoms with Crippen molar-refractivity contribution in [1.82, 2.24) is 0 Å². The Kier molecular flexibility index (Phi) is 2.60. The first-order valence-electron chi connectivity index (χ1n) is 4.97. The van der Waals surface area contributed by atoms with Crippen molar-refractivity contribution in [2.45, 2.75) is 40.5 Å². The maximum absolute atomic E-state index is 10.9. The third-order valence-electron chi connectivity index (χ3n) is 3.82. The number of aldehydes is 1. The Balaban J connectivity index is 2.73. The lowest BCUT2D eigenvalue weighted by atomic mass is 9.76. The van der Waals surface area contributed by atoms with Crippen LogP contribution in [0.1, 0.15) is 40.5 Å². The summed E-state index contributed by atoms with van der Waals surface area (Å²) in [6, 6.07) is 0. The molecule has 0 bridgehead atoms. The Morgan fingerprint density at radius 1 is 1.50 bits per heavy atom. The molecule has 0 saturated heterocycles. The van der Waals surface area contributed by atoms with Crippen molar-refractivity contribution in [3.8, 4) is 0 Å². The van der Waals surface area contributed by atoms with Gasteiger partial charge in [-0.1, -0.05) is 27.7 Å². The minimum atomic E-state index is -0.0328. The van der Waals surface area contributed by atoms with Crippen LogP contribution in [0.3, 0.4) is 0 Å². The largest absolute Gasteiger partial charge is 0.303 e. The number of carbonyl (C=O) groups excluding carboxylic acids is 1. The van der Waals surface area contributed by atoms with E-state index in [1.165, 1.54) is 12.7 Å². The van der Waals surface area contributed by atoms with E-state index < -0.39 is 0 Å². The molecular weight excluding hydrogens is 148 g/mol. The van der Waals surface area contributed by atoms with Crippen LogP contribution in [0.5, 0.6) is 0 Å². The standard InChI is InChI=1S/C11H20O/c1-8(2)10-5-6-11(4,7-12)9(10)3/h7-10H,5-6H2,1-4H3. The molecule has 0 heterocycles. The molecule has 1 rings (SSSR count). The molecule has 3 atom stereocenters. The predicted molar refractivity (Wildman–Crippen MR) is 50.9 cm³/mol. The fraction of sp³-hybridized carbons (Fsp3) is 0.909. The minimum Gasteiger partial charge on any atom is -0.303 e. The van der Waals surface area contributed by atoms with Gasteiger partial charge in [0.15, 0.2) is 0 Å². The number of rotatable bonds is 2. The fourth-order valence-corrected chi connectivity index (χ4v) is 2.52. The van der Waals surface area contributed by atoms with Gasteiger partial charge in [0.05, 0.1) is 0 Å². The highest BCUT2D eigenvalue weighted by atomic mass is 16.1. The van der Waals surface area contributed by atoms with E-state index in [1.54, 1.807) is 0 Å². The van der Waals surface area contributed by atoms with E-state index in [-0.39, 0.29) is 5.41 Å². The highest BCUT2D eigenvalue weighted by molar-refractivity contribution is 5.60. The van der Waals surface area contributed by atoms with Gasteiger partial charge in [0, 0.05) is 5.41 Å². The van der Waals surface area contributed by atoms with Gasteiger partial charge in [-0.15, -0.1) is 0 Å². The number of hydrogen-bond acceptors (Lipinski definition) is 1. The second-order valence-corrected chi connectivity index (χ2v) is 4.86. The first-order valence-corrected chi connectivity index (χ1v) is 4.97. The molecule has 1 aliphatic rings. The van der Waals surface area contributed by atoms with Gasteiger partial charge in [0.25, 0.3) is 0 Å². The van der Waals surface area contributed by atoms with Crippen LogP contribution in [0.25, 0.3) is 0 Å². The molecule has 3 unspecified atom stereocenters. The van der Waals surface area contributed by atoms with Crippen molar-refractivity contribution in [3.63, 3.8) is 0 Å². The van der Waals surface area contributed by atoms with E-state index in [4.69, 9.17) is 0 Å². The van der Waals surface area contributed by atoms with E-state index >= 15 is 0 Å². The predicted octanol–water partition coefficient (Wildman–Crippen LogP) is 2.89. The summed E-state index contributed by atoms with van der Waals surface area (Å²) < 4.78 is 0. The highest BCUT2D eigenvalue weighted by Crippen LogP contribution is 2.47. The van der Waals surface area contributed by atoms with Gasteiger partial charge in [-0.05, 0) is 30.6 Å². The average molecular weight is 168 g/mol. The quantitative estimate of drug-likeness (QED) is 0.579. The SMILES string of the molecule is CC(C)C1CCC(C)(C=O)C1C. The normalized spacial score (nSPS) is 42.1. The van der Waals surface area contributed by atoms with Gasteiger partial charge in [0.2, 0.25) is 0 Å². The van der Waals surface area contributed by atoms with Crippen LogP contribution in [0.4, 0.5) is 0 Å². The topological polar surface area (TPSA) is 17.1 Å². The average Bonchev–Trinajstić information content (AvgIpc) is 2.30. The zero-order chi connectivity index (χ0) is 9.35. The summed E-state index contributed by atoms with van der Waals surface area (Å²) in [5.74, 6) is 2.04. The second kappa shape index (κ2) is 3.20. The minimum absolute atomic E-state index is 0.0328. The smallest absolute Gasteiger partial charge is 0.126 e. The van der Waals surface area contributed by atoms with Gasteiger partial charge >= 0.3 is 0 Å². The summed E-state index contributed by atoms with van der Waals surface area (Å²) in [6.07, 6.45) is 3.48. The van der Waals surface area contributed by atoms with Crippen molar-refractivity contribution < 1.29 is 4.79 Å². The molecule has 1 heteroatoms. The molecule has 1 nitrogen and oxygen atoms in total. The van der Waals surface area contributed by atoms with Crippen LogP contribution in [0.15, 0.2) is 0 Å². The van der Waals surface area contributed by atoms with Crippen LogP contribution in [0.2, 0.25) is 0 Å². The molecule has 0 aliphatic heterocycles. The van der Waals surface area contributed by atoms with Gasteiger partial charge in [-0.2, -0.15) is 0 Å².